The van der Waals surface area contributed by atoms with Gasteiger partial charge < -0.3 is 19.5 Å². The number of hydrogen-bond donors (Lipinski definition) is 1. The average Bonchev–Trinajstić information content (AvgIpc) is 2.79. The van der Waals surface area contributed by atoms with Crippen LogP contribution >= 0.6 is 0 Å². The lowest BCUT2D eigenvalue weighted by molar-refractivity contribution is 0.145. The molecule has 1 aromatic heterocycles. The smallest absolute Gasteiger partial charge is 0.407 e. The molecule has 0 saturated carbocycles. The standard InChI is InChI=1S/C11H14N2O4/c1-16-10-3-2-8(6-12-10)17-9-4-5-13(7-9)11(14)15/h2-3,6,9H,4-5,7H2,1H3,(H,14,15)/t9-/m0/s1. The van der Waals surface area contributed by atoms with Crippen LogP contribution in [0.15, 0.2) is 18.3 Å². The topological polar surface area (TPSA) is 71.9 Å². The highest BCUT2D eigenvalue weighted by atomic mass is 16.5. The van der Waals surface area contributed by atoms with E-state index in [9.17, 15) is 4.79 Å². The molecule has 1 aliphatic heterocycles. The van der Waals surface area contributed by atoms with Crippen molar-refractivity contribution in [2.24, 2.45) is 0 Å². The van der Waals surface area contributed by atoms with Crippen LogP contribution in [-0.4, -0.2) is 47.4 Å². The van der Waals surface area contributed by atoms with Gasteiger partial charge in [-0.3, -0.25) is 0 Å². The molecular formula is C11H14N2O4. The molecule has 1 aromatic rings. The van der Waals surface area contributed by atoms with Crippen LogP contribution in [-0.2, 0) is 0 Å². The molecule has 1 fully saturated rings. The summed E-state index contributed by atoms with van der Waals surface area (Å²) in [5.74, 6) is 1.15. The zero-order valence-electron chi connectivity index (χ0n) is 9.50. The highest BCUT2D eigenvalue weighted by Crippen LogP contribution is 2.19. The SMILES string of the molecule is COc1ccc(O[C@H]2CCN(C(=O)O)C2)cn1. The molecule has 6 heteroatoms. The minimum absolute atomic E-state index is 0.0960. The Bertz CT molecular complexity index is 393. The predicted octanol–water partition coefficient (Wildman–Crippen LogP) is 1.22. The van der Waals surface area contributed by atoms with E-state index in [0.29, 0.717) is 31.1 Å². The maximum Gasteiger partial charge on any atom is 0.407 e. The van der Waals surface area contributed by atoms with Crippen LogP contribution in [0.4, 0.5) is 4.79 Å². The fourth-order valence-electron chi connectivity index (χ4n) is 1.75. The lowest BCUT2D eigenvalue weighted by Gasteiger charge is -2.14. The van der Waals surface area contributed by atoms with Gasteiger partial charge in [-0.15, -0.1) is 0 Å². The molecule has 17 heavy (non-hydrogen) atoms. The van der Waals surface area contributed by atoms with E-state index in [-0.39, 0.29) is 6.10 Å². The second-order valence-electron chi connectivity index (χ2n) is 3.79. The number of amides is 1. The van der Waals surface area contributed by atoms with E-state index >= 15 is 0 Å². The number of hydrogen-bond acceptors (Lipinski definition) is 4. The molecule has 1 saturated heterocycles. The third-order valence-electron chi connectivity index (χ3n) is 2.64. The summed E-state index contributed by atoms with van der Waals surface area (Å²) in [5, 5.41) is 8.81. The third kappa shape index (κ3) is 2.77. The zero-order chi connectivity index (χ0) is 12.3. The highest BCUT2D eigenvalue weighted by molar-refractivity contribution is 5.65. The van der Waals surface area contributed by atoms with E-state index in [1.807, 2.05) is 0 Å². The van der Waals surface area contributed by atoms with Gasteiger partial charge in [-0.2, -0.15) is 0 Å². The molecule has 92 valence electrons. The summed E-state index contributed by atoms with van der Waals surface area (Å²) in [6.07, 6.45) is 1.28. The van der Waals surface area contributed by atoms with Gasteiger partial charge in [-0.25, -0.2) is 9.78 Å². The van der Waals surface area contributed by atoms with Gasteiger partial charge >= 0.3 is 6.09 Å². The van der Waals surface area contributed by atoms with Gasteiger partial charge in [-0.05, 0) is 6.07 Å². The normalized spacial score (nSPS) is 19.1. The van der Waals surface area contributed by atoms with Crippen LogP contribution in [0.5, 0.6) is 11.6 Å². The molecule has 1 aliphatic rings. The molecule has 0 bridgehead atoms. The van der Waals surface area contributed by atoms with Crippen molar-refractivity contribution in [3.63, 3.8) is 0 Å². The maximum absolute atomic E-state index is 10.7. The van der Waals surface area contributed by atoms with E-state index in [2.05, 4.69) is 4.98 Å². The Kier molecular flexibility index (Phi) is 3.32. The Hall–Kier alpha value is -1.98. The van der Waals surface area contributed by atoms with Crippen molar-refractivity contribution in [2.75, 3.05) is 20.2 Å². The predicted molar refractivity (Wildman–Crippen MR) is 59.4 cm³/mol. The molecule has 6 nitrogen and oxygen atoms in total. The van der Waals surface area contributed by atoms with Gasteiger partial charge in [0, 0.05) is 19.0 Å². The van der Waals surface area contributed by atoms with Crippen molar-refractivity contribution < 1.29 is 19.4 Å². The molecule has 1 amide bonds. The van der Waals surface area contributed by atoms with Gasteiger partial charge in [0.1, 0.15) is 11.9 Å². The van der Waals surface area contributed by atoms with Gasteiger partial charge in [0.2, 0.25) is 5.88 Å². The Labute approximate surface area is 98.8 Å². The van der Waals surface area contributed by atoms with E-state index in [1.54, 1.807) is 25.4 Å². The summed E-state index contributed by atoms with van der Waals surface area (Å²) in [6.45, 7) is 0.922. The highest BCUT2D eigenvalue weighted by Gasteiger charge is 2.27. The van der Waals surface area contributed by atoms with Gasteiger partial charge in [0.05, 0.1) is 19.9 Å². The summed E-state index contributed by atoms with van der Waals surface area (Å²) >= 11 is 0. The first-order chi connectivity index (χ1) is 8.19. The molecule has 1 atom stereocenters. The maximum atomic E-state index is 10.7. The van der Waals surface area contributed by atoms with Crippen molar-refractivity contribution in [3.05, 3.63) is 18.3 Å². The fraction of sp³-hybridized carbons (Fsp3) is 0.455. The summed E-state index contributed by atoms with van der Waals surface area (Å²) in [4.78, 5) is 16.1. The summed E-state index contributed by atoms with van der Waals surface area (Å²) in [7, 11) is 1.55. The number of aromatic nitrogens is 1. The summed E-state index contributed by atoms with van der Waals surface area (Å²) in [5.41, 5.74) is 0. The van der Waals surface area contributed by atoms with Crippen LogP contribution in [0.3, 0.4) is 0 Å². The molecule has 0 unspecified atom stereocenters. The summed E-state index contributed by atoms with van der Waals surface area (Å²) < 4.78 is 10.6. The van der Waals surface area contributed by atoms with Crippen LogP contribution in [0.1, 0.15) is 6.42 Å². The number of methoxy groups -OCH3 is 1. The number of ether oxygens (including phenoxy) is 2. The van der Waals surface area contributed by atoms with Crippen molar-refractivity contribution in [1.82, 2.24) is 9.88 Å². The number of rotatable bonds is 3. The largest absolute Gasteiger partial charge is 0.487 e. The zero-order valence-corrected chi connectivity index (χ0v) is 9.50. The third-order valence-corrected chi connectivity index (χ3v) is 2.64. The van der Waals surface area contributed by atoms with E-state index in [0.717, 1.165) is 0 Å². The van der Waals surface area contributed by atoms with E-state index < -0.39 is 6.09 Å². The van der Waals surface area contributed by atoms with Crippen LogP contribution in [0.25, 0.3) is 0 Å². The van der Waals surface area contributed by atoms with E-state index in [4.69, 9.17) is 14.6 Å². The monoisotopic (exact) mass is 238 g/mol. The number of carboxylic acid groups (broad SMARTS) is 1. The fourth-order valence-corrected chi connectivity index (χ4v) is 1.75. The van der Waals surface area contributed by atoms with Crippen molar-refractivity contribution in [3.8, 4) is 11.6 Å². The molecule has 2 heterocycles. The second kappa shape index (κ2) is 4.90. The Morgan fingerprint density at radius 2 is 2.41 bits per heavy atom. The van der Waals surface area contributed by atoms with Crippen molar-refractivity contribution in [1.29, 1.82) is 0 Å². The first kappa shape index (κ1) is 11.5. The van der Waals surface area contributed by atoms with Crippen LogP contribution in [0.2, 0.25) is 0 Å². The van der Waals surface area contributed by atoms with Gasteiger partial charge in [0.25, 0.3) is 0 Å². The lowest BCUT2D eigenvalue weighted by Crippen LogP contribution is -2.29. The average molecular weight is 238 g/mol. The van der Waals surface area contributed by atoms with Gasteiger partial charge in [0.15, 0.2) is 0 Å². The molecule has 0 radical (unpaired) electrons. The molecular weight excluding hydrogens is 224 g/mol. The quantitative estimate of drug-likeness (QED) is 0.857. The number of carbonyl (C=O) groups is 1. The summed E-state index contributed by atoms with van der Waals surface area (Å²) in [6, 6.07) is 3.47. The van der Waals surface area contributed by atoms with Crippen LogP contribution < -0.4 is 9.47 Å². The van der Waals surface area contributed by atoms with Gasteiger partial charge in [-0.1, -0.05) is 0 Å². The second-order valence-corrected chi connectivity index (χ2v) is 3.79. The number of likely N-dealkylation sites (tertiary alicyclic amines) is 1. The van der Waals surface area contributed by atoms with Crippen molar-refractivity contribution in [2.45, 2.75) is 12.5 Å². The molecule has 1 N–H and O–H groups in total. The molecule has 0 spiro atoms. The van der Waals surface area contributed by atoms with Crippen LogP contribution in [0, 0.1) is 0 Å². The Balaban J connectivity index is 1.91. The Morgan fingerprint density at radius 1 is 1.59 bits per heavy atom. The van der Waals surface area contributed by atoms with E-state index in [1.165, 1.54) is 4.90 Å². The number of nitrogens with zero attached hydrogens (tertiary/aromatic N) is 2. The minimum Gasteiger partial charge on any atom is -0.487 e. The molecule has 0 aromatic carbocycles. The number of pyridine rings is 1. The molecule has 0 aliphatic carbocycles. The Morgan fingerprint density at radius 3 is 2.94 bits per heavy atom. The van der Waals surface area contributed by atoms with Crippen molar-refractivity contribution >= 4 is 6.09 Å². The first-order valence-electron chi connectivity index (χ1n) is 5.33. The lowest BCUT2D eigenvalue weighted by atomic mass is 10.3. The molecule has 2 rings (SSSR count). The minimum atomic E-state index is -0.899. The first-order valence-corrected chi connectivity index (χ1v) is 5.33.